The summed E-state index contributed by atoms with van der Waals surface area (Å²) < 4.78 is 24.5. The molecule has 0 atom stereocenters. The highest BCUT2D eigenvalue weighted by Crippen LogP contribution is 2.40. The van der Waals surface area contributed by atoms with Gasteiger partial charge in [-0.3, -0.25) is 4.84 Å². The van der Waals surface area contributed by atoms with Crippen LogP contribution in [0.25, 0.3) is 0 Å². The SMILES string of the molecule is COc1cc(CON)cc(C(C)(C)F)c1OC. The molecule has 0 unspecified atom stereocenters. The maximum atomic E-state index is 14.1. The summed E-state index contributed by atoms with van der Waals surface area (Å²) in [5, 5.41) is 0. The van der Waals surface area contributed by atoms with Crippen LogP contribution < -0.4 is 15.4 Å². The first-order valence-electron chi connectivity index (χ1n) is 5.20. The third-order valence-electron chi connectivity index (χ3n) is 2.43. The molecule has 0 aliphatic rings. The van der Waals surface area contributed by atoms with Crippen LogP contribution in [0.4, 0.5) is 4.39 Å². The van der Waals surface area contributed by atoms with Crippen molar-refractivity contribution in [3.05, 3.63) is 23.3 Å². The Morgan fingerprint density at radius 3 is 2.29 bits per heavy atom. The predicted molar refractivity (Wildman–Crippen MR) is 62.7 cm³/mol. The third kappa shape index (κ3) is 3.08. The maximum Gasteiger partial charge on any atom is 0.167 e. The number of nitrogens with two attached hydrogens (primary N) is 1. The summed E-state index contributed by atoms with van der Waals surface area (Å²) in [6.45, 7) is 3.10. The van der Waals surface area contributed by atoms with Crippen LogP contribution in [0.5, 0.6) is 11.5 Å². The highest BCUT2D eigenvalue weighted by Gasteiger charge is 2.26. The zero-order valence-electron chi connectivity index (χ0n) is 10.5. The molecule has 0 spiro atoms. The third-order valence-corrected chi connectivity index (χ3v) is 2.43. The van der Waals surface area contributed by atoms with Gasteiger partial charge in [0.05, 0.1) is 20.8 Å². The second-order valence-corrected chi connectivity index (χ2v) is 4.16. The van der Waals surface area contributed by atoms with Crippen LogP contribution in [0, 0.1) is 0 Å². The summed E-state index contributed by atoms with van der Waals surface area (Å²) in [5.74, 6) is 5.87. The highest BCUT2D eigenvalue weighted by atomic mass is 19.1. The zero-order chi connectivity index (χ0) is 13.1. The lowest BCUT2D eigenvalue weighted by Gasteiger charge is -2.21. The van der Waals surface area contributed by atoms with Gasteiger partial charge in [0.25, 0.3) is 0 Å². The van der Waals surface area contributed by atoms with Gasteiger partial charge in [0.1, 0.15) is 5.67 Å². The minimum absolute atomic E-state index is 0.184. The molecule has 0 saturated carbocycles. The Bertz CT molecular complexity index is 388. The van der Waals surface area contributed by atoms with Gasteiger partial charge in [-0.05, 0) is 31.5 Å². The van der Waals surface area contributed by atoms with Crippen molar-refractivity contribution in [2.24, 2.45) is 5.90 Å². The maximum absolute atomic E-state index is 14.1. The Labute approximate surface area is 100 Å². The summed E-state index contributed by atoms with van der Waals surface area (Å²) in [6, 6.07) is 3.37. The summed E-state index contributed by atoms with van der Waals surface area (Å²) >= 11 is 0. The van der Waals surface area contributed by atoms with Crippen molar-refractivity contribution in [2.75, 3.05) is 14.2 Å². The summed E-state index contributed by atoms with van der Waals surface area (Å²) in [4.78, 5) is 4.55. The number of ether oxygens (including phenoxy) is 2. The molecule has 0 heterocycles. The Kier molecular flexibility index (Phi) is 4.31. The number of methoxy groups -OCH3 is 2. The fraction of sp³-hybridized carbons (Fsp3) is 0.500. The van der Waals surface area contributed by atoms with Gasteiger partial charge in [-0.15, -0.1) is 0 Å². The van der Waals surface area contributed by atoms with E-state index in [0.29, 0.717) is 17.1 Å². The van der Waals surface area contributed by atoms with Gasteiger partial charge in [0.15, 0.2) is 11.5 Å². The number of hydrogen-bond donors (Lipinski definition) is 1. The van der Waals surface area contributed by atoms with Crippen LogP contribution in [-0.2, 0) is 17.1 Å². The Morgan fingerprint density at radius 2 is 1.88 bits per heavy atom. The molecule has 1 aromatic rings. The molecule has 0 saturated heterocycles. The molecular weight excluding hydrogens is 225 g/mol. The second kappa shape index (κ2) is 5.33. The molecule has 17 heavy (non-hydrogen) atoms. The van der Waals surface area contributed by atoms with Crippen LogP contribution in [0.3, 0.4) is 0 Å². The van der Waals surface area contributed by atoms with Crippen molar-refractivity contribution in [2.45, 2.75) is 26.1 Å². The van der Waals surface area contributed by atoms with Crippen LogP contribution in [0.1, 0.15) is 25.0 Å². The molecule has 5 heteroatoms. The van der Waals surface area contributed by atoms with E-state index < -0.39 is 5.67 Å². The molecular formula is C12H18FNO3. The lowest BCUT2D eigenvalue weighted by molar-refractivity contribution is 0.123. The van der Waals surface area contributed by atoms with Gasteiger partial charge in [0, 0.05) is 5.56 Å². The number of halogens is 1. The fourth-order valence-electron chi connectivity index (χ4n) is 1.64. The molecule has 1 rings (SSSR count). The first-order chi connectivity index (χ1) is 7.93. The molecule has 0 aliphatic carbocycles. The van der Waals surface area contributed by atoms with Gasteiger partial charge in [-0.25, -0.2) is 10.3 Å². The number of rotatable bonds is 5. The van der Waals surface area contributed by atoms with Crippen molar-refractivity contribution in [1.82, 2.24) is 0 Å². The van der Waals surface area contributed by atoms with E-state index in [9.17, 15) is 4.39 Å². The van der Waals surface area contributed by atoms with E-state index in [1.54, 1.807) is 12.1 Å². The van der Waals surface area contributed by atoms with E-state index in [2.05, 4.69) is 4.84 Å². The number of hydrogen-bond acceptors (Lipinski definition) is 4. The van der Waals surface area contributed by atoms with E-state index >= 15 is 0 Å². The lowest BCUT2D eigenvalue weighted by atomic mass is 9.96. The van der Waals surface area contributed by atoms with E-state index in [0.717, 1.165) is 5.56 Å². The standard InChI is InChI=1S/C12H18FNO3/c1-12(2,13)9-5-8(7-17-14)6-10(15-3)11(9)16-4/h5-6H,7,14H2,1-4H3. The van der Waals surface area contributed by atoms with Gasteiger partial charge >= 0.3 is 0 Å². The fourth-order valence-corrected chi connectivity index (χ4v) is 1.64. The van der Waals surface area contributed by atoms with Crippen molar-refractivity contribution in [3.8, 4) is 11.5 Å². The largest absolute Gasteiger partial charge is 0.493 e. The summed E-state index contributed by atoms with van der Waals surface area (Å²) in [7, 11) is 2.98. The second-order valence-electron chi connectivity index (χ2n) is 4.16. The van der Waals surface area contributed by atoms with Gasteiger partial charge in [-0.1, -0.05) is 0 Å². The molecule has 0 aliphatic heterocycles. The van der Waals surface area contributed by atoms with Crippen LogP contribution in [0.2, 0.25) is 0 Å². The quantitative estimate of drug-likeness (QED) is 0.806. The van der Waals surface area contributed by atoms with Crippen LogP contribution in [-0.4, -0.2) is 14.2 Å². The molecule has 0 aromatic heterocycles. The molecule has 96 valence electrons. The molecule has 2 N–H and O–H groups in total. The molecule has 0 fully saturated rings. The minimum atomic E-state index is -1.54. The molecule has 0 bridgehead atoms. The summed E-state index contributed by atoms with van der Waals surface area (Å²) in [5.41, 5.74) is -0.402. The number of benzene rings is 1. The van der Waals surface area contributed by atoms with Gasteiger partial charge in [-0.2, -0.15) is 0 Å². The average molecular weight is 243 g/mol. The normalized spacial score (nSPS) is 11.4. The zero-order valence-corrected chi connectivity index (χ0v) is 10.5. The minimum Gasteiger partial charge on any atom is -0.493 e. The smallest absolute Gasteiger partial charge is 0.167 e. The van der Waals surface area contributed by atoms with Gasteiger partial charge in [0.2, 0.25) is 0 Å². The number of alkyl halides is 1. The highest BCUT2D eigenvalue weighted by molar-refractivity contribution is 5.51. The van der Waals surface area contributed by atoms with Crippen molar-refractivity contribution < 1.29 is 18.7 Å². The van der Waals surface area contributed by atoms with Crippen LogP contribution in [0.15, 0.2) is 12.1 Å². The van der Waals surface area contributed by atoms with Crippen molar-refractivity contribution in [3.63, 3.8) is 0 Å². The van der Waals surface area contributed by atoms with E-state index in [4.69, 9.17) is 15.4 Å². The molecule has 1 aromatic carbocycles. The van der Waals surface area contributed by atoms with Crippen LogP contribution >= 0.6 is 0 Å². The Hall–Kier alpha value is -1.33. The molecule has 0 amide bonds. The monoisotopic (exact) mass is 243 g/mol. The van der Waals surface area contributed by atoms with Crippen molar-refractivity contribution >= 4 is 0 Å². The van der Waals surface area contributed by atoms with Crippen molar-refractivity contribution in [1.29, 1.82) is 0 Å². The first-order valence-corrected chi connectivity index (χ1v) is 5.20. The average Bonchev–Trinajstić information content (AvgIpc) is 2.27. The summed E-state index contributed by atoms with van der Waals surface area (Å²) in [6.07, 6.45) is 0. The molecule has 4 nitrogen and oxygen atoms in total. The predicted octanol–water partition coefficient (Wildman–Crippen LogP) is 2.30. The van der Waals surface area contributed by atoms with Gasteiger partial charge < -0.3 is 9.47 Å². The Balaban J connectivity index is 3.37. The Morgan fingerprint density at radius 1 is 1.24 bits per heavy atom. The van der Waals surface area contributed by atoms with E-state index in [-0.39, 0.29) is 6.61 Å². The topological polar surface area (TPSA) is 53.7 Å². The first kappa shape index (κ1) is 13.7. The molecule has 0 radical (unpaired) electrons. The van der Waals surface area contributed by atoms with E-state index in [1.165, 1.54) is 28.1 Å². The lowest BCUT2D eigenvalue weighted by Crippen LogP contribution is -2.13. The van der Waals surface area contributed by atoms with E-state index in [1.807, 2.05) is 0 Å².